The average molecular weight is 264 g/mol. The first-order chi connectivity index (χ1) is 9.10. The van der Waals surface area contributed by atoms with Crippen molar-refractivity contribution in [1.82, 2.24) is 10.3 Å². The molecule has 1 heterocycles. The smallest absolute Gasteiger partial charge is 0.332 e. The number of pyridine rings is 1. The molecule has 1 atom stereocenters. The number of ether oxygens (including phenoxy) is 1. The van der Waals surface area contributed by atoms with Gasteiger partial charge >= 0.3 is 5.97 Å². The Labute approximate surface area is 112 Å². The molecule has 0 aliphatic carbocycles. The van der Waals surface area contributed by atoms with Gasteiger partial charge in [0.25, 0.3) is 0 Å². The van der Waals surface area contributed by atoms with Gasteiger partial charge in [0.2, 0.25) is 0 Å². The molecule has 0 aliphatic rings. The molecule has 5 heteroatoms. The van der Waals surface area contributed by atoms with Crippen molar-refractivity contribution in [3.63, 3.8) is 0 Å². The Bertz CT molecular complexity index is 467. The van der Waals surface area contributed by atoms with Crippen molar-refractivity contribution in [2.45, 2.75) is 25.8 Å². The van der Waals surface area contributed by atoms with Crippen molar-refractivity contribution < 1.29 is 13.9 Å². The normalized spacial score (nSPS) is 13.4. The van der Waals surface area contributed by atoms with E-state index in [4.69, 9.17) is 11.2 Å². The van der Waals surface area contributed by atoms with E-state index in [1.54, 1.807) is 6.92 Å². The molecule has 1 aromatic heterocycles. The van der Waals surface area contributed by atoms with Crippen LogP contribution in [0.1, 0.15) is 26.0 Å². The second-order valence-corrected chi connectivity index (χ2v) is 3.90. The van der Waals surface area contributed by atoms with E-state index in [2.05, 4.69) is 16.2 Å². The highest BCUT2D eigenvalue weighted by atomic mass is 19.1. The topological polar surface area (TPSA) is 51.2 Å². The molecule has 102 valence electrons. The summed E-state index contributed by atoms with van der Waals surface area (Å²) in [6, 6.07) is 2.71. The Balaban J connectivity index is 3.19. The van der Waals surface area contributed by atoms with Gasteiger partial charge in [-0.2, -0.15) is 0 Å². The standard InChI is InChI=1S/C14H17FN2O2/c1-4-9-17-14(5-2,13(18)19-6-3)12-8-7-11(15)10-16-12/h1,7-8,10,17H,5-6,9H2,2-3H3. The largest absolute Gasteiger partial charge is 0.464 e. The summed E-state index contributed by atoms with van der Waals surface area (Å²) in [5, 5.41) is 2.96. The van der Waals surface area contributed by atoms with Crippen LogP contribution < -0.4 is 5.32 Å². The summed E-state index contributed by atoms with van der Waals surface area (Å²) in [6.45, 7) is 3.97. The van der Waals surface area contributed by atoms with E-state index in [9.17, 15) is 9.18 Å². The summed E-state index contributed by atoms with van der Waals surface area (Å²) in [5.74, 6) is 1.49. The molecule has 0 spiro atoms. The molecule has 0 amide bonds. The molecule has 0 bridgehead atoms. The van der Waals surface area contributed by atoms with Gasteiger partial charge in [-0.25, -0.2) is 9.18 Å². The van der Waals surface area contributed by atoms with Gasteiger partial charge in [0.05, 0.1) is 25.0 Å². The first-order valence-electron chi connectivity index (χ1n) is 6.08. The van der Waals surface area contributed by atoms with Crippen LogP contribution in [0.25, 0.3) is 0 Å². The summed E-state index contributed by atoms with van der Waals surface area (Å²) in [5.41, 5.74) is -0.749. The first-order valence-corrected chi connectivity index (χ1v) is 6.08. The van der Waals surface area contributed by atoms with Crippen LogP contribution in [0.3, 0.4) is 0 Å². The molecule has 1 N–H and O–H groups in total. The molecule has 1 unspecified atom stereocenters. The molecule has 0 saturated heterocycles. The monoisotopic (exact) mass is 264 g/mol. The van der Waals surface area contributed by atoms with Gasteiger partial charge in [-0.1, -0.05) is 12.8 Å². The third kappa shape index (κ3) is 3.30. The number of halogens is 1. The number of esters is 1. The zero-order chi connectivity index (χ0) is 14.3. The summed E-state index contributed by atoms with van der Waals surface area (Å²) in [6.07, 6.45) is 6.68. The summed E-state index contributed by atoms with van der Waals surface area (Å²) in [4.78, 5) is 16.2. The molecule has 0 radical (unpaired) electrons. The Morgan fingerprint density at radius 1 is 1.58 bits per heavy atom. The van der Waals surface area contributed by atoms with E-state index in [1.807, 2.05) is 6.92 Å². The molecule has 0 aliphatic heterocycles. The van der Waals surface area contributed by atoms with E-state index in [0.717, 1.165) is 6.20 Å². The molecule has 0 aromatic carbocycles. The summed E-state index contributed by atoms with van der Waals surface area (Å²) in [7, 11) is 0. The fraction of sp³-hybridized carbons (Fsp3) is 0.429. The molecule has 0 saturated carbocycles. The van der Waals surface area contributed by atoms with E-state index in [-0.39, 0.29) is 13.2 Å². The van der Waals surface area contributed by atoms with Crippen LogP contribution in [0, 0.1) is 18.2 Å². The highest BCUT2D eigenvalue weighted by Crippen LogP contribution is 2.25. The van der Waals surface area contributed by atoms with Gasteiger partial charge in [0.1, 0.15) is 5.82 Å². The predicted octanol–water partition coefficient (Wildman–Crippen LogP) is 1.61. The van der Waals surface area contributed by atoms with Crippen molar-refractivity contribution in [1.29, 1.82) is 0 Å². The molecule has 19 heavy (non-hydrogen) atoms. The van der Waals surface area contributed by atoms with Crippen LogP contribution in [-0.4, -0.2) is 24.1 Å². The van der Waals surface area contributed by atoms with Gasteiger partial charge < -0.3 is 4.74 Å². The second kappa shape index (κ2) is 6.86. The molecule has 0 fully saturated rings. The highest BCUT2D eigenvalue weighted by Gasteiger charge is 2.40. The summed E-state index contributed by atoms with van der Waals surface area (Å²) < 4.78 is 18.0. The molecule has 4 nitrogen and oxygen atoms in total. The third-order valence-corrected chi connectivity index (χ3v) is 2.81. The lowest BCUT2D eigenvalue weighted by atomic mass is 9.91. The highest BCUT2D eigenvalue weighted by molar-refractivity contribution is 5.82. The molecule has 1 rings (SSSR count). The minimum absolute atomic E-state index is 0.186. The maximum absolute atomic E-state index is 12.9. The number of hydrogen-bond acceptors (Lipinski definition) is 4. The molecule has 1 aromatic rings. The fourth-order valence-corrected chi connectivity index (χ4v) is 1.80. The van der Waals surface area contributed by atoms with Crippen LogP contribution in [0.5, 0.6) is 0 Å². The van der Waals surface area contributed by atoms with Crippen LogP contribution >= 0.6 is 0 Å². The lowest BCUT2D eigenvalue weighted by Crippen LogP contribution is -2.50. The number of hydrogen-bond donors (Lipinski definition) is 1. The average Bonchev–Trinajstić information content (AvgIpc) is 2.42. The van der Waals surface area contributed by atoms with Gasteiger partial charge in [-0.3, -0.25) is 10.3 Å². The van der Waals surface area contributed by atoms with Crippen LogP contribution in [0.15, 0.2) is 18.3 Å². The maximum Gasteiger partial charge on any atom is 0.332 e. The Morgan fingerprint density at radius 3 is 2.79 bits per heavy atom. The summed E-state index contributed by atoms with van der Waals surface area (Å²) >= 11 is 0. The molecular weight excluding hydrogens is 247 g/mol. The van der Waals surface area contributed by atoms with Crippen molar-refractivity contribution in [2.24, 2.45) is 0 Å². The number of nitrogens with zero attached hydrogens (tertiary/aromatic N) is 1. The quantitative estimate of drug-likeness (QED) is 0.626. The number of nitrogens with one attached hydrogen (secondary N) is 1. The minimum Gasteiger partial charge on any atom is -0.464 e. The SMILES string of the molecule is C#CCNC(CC)(C(=O)OCC)c1ccc(F)cn1. The third-order valence-electron chi connectivity index (χ3n) is 2.81. The first kappa shape index (κ1) is 15.1. The van der Waals surface area contributed by atoms with Crippen molar-refractivity contribution in [3.8, 4) is 12.3 Å². The number of carbonyl (C=O) groups excluding carboxylic acids is 1. The van der Waals surface area contributed by atoms with Gasteiger partial charge in [0, 0.05) is 0 Å². The van der Waals surface area contributed by atoms with Gasteiger partial charge in [0.15, 0.2) is 5.54 Å². The van der Waals surface area contributed by atoms with Crippen molar-refractivity contribution >= 4 is 5.97 Å². The predicted molar refractivity (Wildman–Crippen MR) is 69.6 cm³/mol. The number of rotatable bonds is 6. The van der Waals surface area contributed by atoms with Crippen LogP contribution in [0.4, 0.5) is 4.39 Å². The van der Waals surface area contributed by atoms with E-state index >= 15 is 0 Å². The fourth-order valence-electron chi connectivity index (χ4n) is 1.80. The van der Waals surface area contributed by atoms with Gasteiger partial charge in [-0.15, -0.1) is 6.42 Å². The lowest BCUT2D eigenvalue weighted by molar-refractivity contribution is -0.152. The zero-order valence-corrected chi connectivity index (χ0v) is 11.1. The van der Waals surface area contributed by atoms with E-state index < -0.39 is 17.3 Å². The number of aromatic nitrogens is 1. The number of terminal acetylenes is 1. The van der Waals surface area contributed by atoms with Gasteiger partial charge in [-0.05, 0) is 25.5 Å². The van der Waals surface area contributed by atoms with E-state index in [0.29, 0.717) is 12.1 Å². The lowest BCUT2D eigenvalue weighted by Gasteiger charge is -2.30. The second-order valence-electron chi connectivity index (χ2n) is 3.90. The van der Waals surface area contributed by atoms with Crippen LogP contribution in [-0.2, 0) is 15.1 Å². The Hall–Kier alpha value is -1.93. The Morgan fingerprint density at radius 2 is 2.32 bits per heavy atom. The minimum atomic E-state index is -1.14. The van der Waals surface area contributed by atoms with Crippen LogP contribution in [0.2, 0.25) is 0 Å². The van der Waals surface area contributed by atoms with Crippen molar-refractivity contribution in [2.75, 3.05) is 13.2 Å². The zero-order valence-electron chi connectivity index (χ0n) is 11.1. The maximum atomic E-state index is 12.9. The number of carbonyl (C=O) groups is 1. The van der Waals surface area contributed by atoms with E-state index in [1.165, 1.54) is 12.1 Å². The molecular formula is C14H17FN2O2. The Kier molecular flexibility index (Phi) is 5.46. The van der Waals surface area contributed by atoms with Crippen molar-refractivity contribution in [3.05, 3.63) is 29.8 Å².